The predicted octanol–water partition coefficient (Wildman–Crippen LogP) is 2.50. The average Bonchev–Trinajstić information content (AvgIpc) is 3.17. The van der Waals surface area contributed by atoms with Crippen molar-refractivity contribution in [1.29, 1.82) is 0 Å². The van der Waals surface area contributed by atoms with Crippen LogP contribution < -0.4 is 5.32 Å². The fourth-order valence-electron chi connectivity index (χ4n) is 2.12. The quantitative estimate of drug-likeness (QED) is 0.683. The van der Waals surface area contributed by atoms with E-state index < -0.39 is 0 Å². The second-order valence-corrected chi connectivity index (χ2v) is 6.03. The van der Waals surface area contributed by atoms with Crippen LogP contribution in [0.3, 0.4) is 0 Å². The van der Waals surface area contributed by atoms with Crippen LogP contribution in [0.1, 0.15) is 17.1 Å². The van der Waals surface area contributed by atoms with Crippen LogP contribution in [-0.2, 0) is 22.6 Å². The highest BCUT2D eigenvalue weighted by atomic mass is 32.1. The van der Waals surface area contributed by atoms with Gasteiger partial charge >= 0.3 is 0 Å². The summed E-state index contributed by atoms with van der Waals surface area (Å²) in [4.78, 5) is 15.4. The molecule has 1 amide bonds. The second kappa shape index (κ2) is 9.40. The lowest BCUT2D eigenvalue weighted by Gasteiger charge is -2.20. The lowest BCUT2D eigenvalue weighted by molar-refractivity contribution is -0.122. The molecule has 0 aliphatic carbocycles. The zero-order chi connectivity index (χ0) is 15.6. The van der Waals surface area contributed by atoms with Crippen LogP contribution in [0.25, 0.3) is 0 Å². The van der Waals surface area contributed by atoms with Crippen molar-refractivity contribution in [3.8, 4) is 0 Å². The number of ether oxygens (including phenoxy) is 1. The van der Waals surface area contributed by atoms with Gasteiger partial charge < -0.3 is 14.5 Å². The van der Waals surface area contributed by atoms with Gasteiger partial charge in [0.15, 0.2) is 0 Å². The number of hydrogen-bond acceptors (Lipinski definition) is 5. The molecule has 0 bridgehead atoms. The zero-order valence-corrected chi connectivity index (χ0v) is 13.6. The first-order chi connectivity index (χ1) is 10.8. The summed E-state index contributed by atoms with van der Waals surface area (Å²) in [7, 11) is 1.66. The Bertz CT molecular complexity index is 489. The number of carbonyl (C=O) groups excluding carboxylic acids is 1. The van der Waals surface area contributed by atoms with E-state index in [4.69, 9.17) is 9.15 Å². The number of thiophene rings is 1. The number of furan rings is 1. The molecule has 0 aliphatic rings. The topological polar surface area (TPSA) is 54.7 Å². The van der Waals surface area contributed by atoms with Gasteiger partial charge in [-0.3, -0.25) is 9.69 Å². The summed E-state index contributed by atoms with van der Waals surface area (Å²) in [5, 5.41) is 4.97. The molecule has 0 aromatic carbocycles. The first-order valence-electron chi connectivity index (χ1n) is 7.30. The van der Waals surface area contributed by atoms with Crippen molar-refractivity contribution < 1.29 is 13.9 Å². The summed E-state index contributed by atoms with van der Waals surface area (Å²) >= 11 is 1.69. The number of methoxy groups -OCH3 is 1. The normalized spacial score (nSPS) is 11.0. The van der Waals surface area contributed by atoms with Gasteiger partial charge in [0, 0.05) is 31.7 Å². The summed E-state index contributed by atoms with van der Waals surface area (Å²) in [6.45, 7) is 3.01. The van der Waals surface area contributed by atoms with Gasteiger partial charge in [0.25, 0.3) is 0 Å². The highest BCUT2D eigenvalue weighted by molar-refractivity contribution is 7.09. The molecule has 0 unspecified atom stereocenters. The minimum absolute atomic E-state index is 0.0271. The molecule has 0 aliphatic heterocycles. The van der Waals surface area contributed by atoms with E-state index in [0.717, 1.165) is 18.7 Å². The number of hydrogen-bond donors (Lipinski definition) is 1. The van der Waals surface area contributed by atoms with Crippen LogP contribution in [0.4, 0.5) is 0 Å². The largest absolute Gasteiger partial charge is 0.468 e. The van der Waals surface area contributed by atoms with E-state index in [9.17, 15) is 4.79 Å². The van der Waals surface area contributed by atoms with Gasteiger partial charge in [0.05, 0.1) is 19.4 Å². The van der Waals surface area contributed by atoms with Gasteiger partial charge in [-0.05, 0) is 30.0 Å². The molecule has 2 heterocycles. The van der Waals surface area contributed by atoms with Crippen LogP contribution in [0.2, 0.25) is 0 Å². The number of rotatable bonds is 10. The Morgan fingerprint density at radius 1 is 1.36 bits per heavy atom. The number of amides is 1. The monoisotopic (exact) mass is 322 g/mol. The molecule has 0 atom stereocenters. The summed E-state index contributed by atoms with van der Waals surface area (Å²) in [5.74, 6) is 0.892. The molecule has 2 rings (SSSR count). The fourth-order valence-corrected chi connectivity index (χ4v) is 2.86. The molecule has 22 heavy (non-hydrogen) atoms. The molecule has 0 fully saturated rings. The van der Waals surface area contributed by atoms with E-state index in [1.54, 1.807) is 24.7 Å². The van der Waals surface area contributed by atoms with Gasteiger partial charge in [-0.25, -0.2) is 0 Å². The minimum Gasteiger partial charge on any atom is -0.468 e. The van der Waals surface area contributed by atoms with Crippen molar-refractivity contribution in [2.24, 2.45) is 0 Å². The Morgan fingerprint density at radius 2 is 2.27 bits per heavy atom. The summed E-state index contributed by atoms with van der Waals surface area (Å²) in [5.41, 5.74) is 0. The smallest absolute Gasteiger partial charge is 0.234 e. The number of carbonyl (C=O) groups is 1. The van der Waals surface area contributed by atoms with Gasteiger partial charge in [0.2, 0.25) is 5.91 Å². The molecule has 6 heteroatoms. The molecule has 0 saturated heterocycles. The van der Waals surface area contributed by atoms with E-state index in [2.05, 4.69) is 16.3 Å². The summed E-state index contributed by atoms with van der Waals surface area (Å²) in [6, 6.07) is 7.90. The molecule has 2 aromatic heterocycles. The number of nitrogens with zero attached hydrogens (tertiary/aromatic N) is 1. The van der Waals surface area contributed by atoms with Crippen molar-refractivity contribution in [3.63, 3.8) is 0 Å². The van der Waals surface area contributed by atoms with Crippen LogP contribution in [0.15, 0.2) is 40.3 Å². The van der Waals surface area contributed by atoms with Crippen molar-refractivity contribution in [1.82, 2.24) is 10.2 Å². The van der Waals surface area contributed by atoms with Crippen molar-refractivity contribution >= 4 is 17.2 Å². The van der Waals surface area contributed by atoms with Gasteiger partial charge in [-0.15, -0.1) is 11.3 Å². The highest BCUT2D eigenvalue weighted by Crippen LogP contribution is 2.14. The Labute approximate surface area is 134 Å². The second-order valence-electron chi connectivity index (χ2n) is 5.00. The third kappa shape index (κ3) is 6.01. The highest BCUT2D eigenvalue weighted by Gasteiger charge is 2.13. The van der Waals surface area contributed by atoms with E-state index in [0.29, 0.717) is 26.2 Å². The van der Waals surface area contributed by atoms with E-state index >= 15 is 0 Å². The first kappa shape index (κ1) is 16.7. The number of nitrogens with one attached hydrogen (secondary N) is 1. The average molecular weight is 322 g/mol. The van der Waals surface area contributed by atoms with Gasteiger partial charge in [-0.1, -0.05) is 6.07 Å². The molecule has 0 saturated carbocycles. The fraction of sp³-hybridized carbons (Fsp3) is 0.438. The third-order valence-corrected chi connectivity index (χ3v) is 3.99. The standard InChI is InChI=1S/C16H22N2O3S/c1-20-8-4-7-17-16(19)13-18(11-14-5-2-9-21-14)12-15-6-3-10-22-15/h2-3,5-6,9-10H,4,7-8,11-13H2,1H3,(H,17,19). The SMILES string of the molecule is COCCCNC(=O)CN(Cc1ccco1)Cc1cccs1. The maximum atomic E-state index is 12.1. The molecular formula is C16H22N2O3S. The predicted molar refractivity (Wildman–Crippen MR) is 86.6 cm³/mol. The summed E-state index contributed by atoms with van der Waals surface area (Å²) < 4.78 is 10.4. The summed E-state index contributed by atoms with van der Waals surface area (Å²) in [6.07, 6.45) is 2.48. The van der Waals surface area contributed by atoms with Crippen LogP contribution in [0, 0.1) is 0 Å². The Hall–Kier alpha value is -1.63. The van der Waals surface area contributed by atoms with Crippen LogP contribution in [0.5, 0.6) is 0 Å². The maximum absolute atomic E-state index is 12.1. The van der Waals surface area contributed by atoms with Crippen molar-refractivity contribution in [2.75, 3.05) is 26.8 Å². The third-order valence-electron chi connectivity index (χ3n) is 3.13. The van der Waals surface area contributed by atoms with Gasteiger partial charge in [0.1, 0.15) is 5.76 Å². The van der Waals surface area contributed by atoms with E-state index in [-0.39, 0.29) is 5.91 Å². The van der Waals surface area contributed by atoms with Gasteiger partial charge in [-0.2, -0.15) is 0 Å². The minimum atomic E-state index is 0.0271. The van der Waals surface area contributed by atoms with Crippen LogP contribution >= 0.6 is 11.3 Å². The molecule has 1 N–H and O–H groups in total. The van der Waals surface area contributed by atoms with E-state index in [1.165, 1.54) is 4.88 Å². The lowest BCUT2D eigenvalue weighted by Crippen LogP contribution is -2.37. The van der Waals surface area contributed by atoms with Crippen molar-refractivity contribution in [3.05, 3.63) is 46.5 Å². The van der Waals surface area contributed by atoms with Crippen molar-refractivity contribution in [2.45, 2.75) is 19.5 Å². The van der Waals surface area contributed by atoms with Crippen LogP contribution in [-0.4, -0.2) is 37.6 Å². The molecule has 2 aromatic rings. The van der Waals surface area contributed by atoms with E-state index in [1.807, 2.05) is 23.6 Å². The molecular weight excluding hydrogens is 300 g/mol. The molecule has 0 radical (unpaired) electrons. The molecule has 5 nitrogen and oxygen atoms in total. The lowest BCUT2D eigenvalue weighted by atomic mass is 10.3. The zero-order valence-electron chi connectivity index (χ0n) is 12.8. The Morgan fingerprint density at radius 3 is 2.95 bits per heavy atom. The first-order valence-corrected chi connectivity index (χ1v) is 8.18. The molecule has 0 spiro atoms. The Balaban J connectivity index is 1.85. The Kier molecular flexibility index (Phi) is 7.15. The molecule has 120 valence electrons. The maximum Gasteiger partial charge on any atom is 0.234 e.